The van der Waals surface area contributed by atoms with Crippen LogP contribution in [-0.2, 0) is 14.3 Å². The summed E-state index contributed by atoms with van der Waals surface area (Å²) in [4.78, 5) is 25.0. The summed E-state index contributed by atoms with van der Waals surface area (Å²) in [6, 6.07) is 13.8. The minimum absolute atomic E-state index is 0.0639. The first-order valence-electron chi connectivity index (χ1n) is 13.2. The number of methoxy groups -OCH3 is 1. The van der Waals surface area contributed by atoms with Crippen molar-refractivity contribution in [3.05, 3.63) is 82.5 Å². The van der Waals surface area contributed by atoms with E-state index in [-0.39, 0.29) is 39.7 Å². The topological polar surface area (TPSA) is 206 Å². The molecule has 5 rings (SSSR count). The Kier molecular flexibility index (Phi) is 8.73. The lowest BCUT2D eigenvalue weighted by atomic mass is 9.99. The zero-order chi connectivity index (χ0) is 31.5. The predicted molar refractivity (Wildman–Crippen MR) is 153 cm³/mol. The second-order valence-corrected chi connectivity index (χ2v) is 9.86. The molecule has 6 N–H and O–H groups in total. The number of carbonyl (C=O) groups excluding carboxylic acids is 1. The van der Waals surface area contributed by atoms with E-state index < -0.39 is 54.5 Å². The SMILES string of the molecule is COc1cc(-c2cc(=O)c3c(O)cc(OC4O[C@H](COC(=O)C=Cc5ccc(O)cc5)[C@@H](O)[C@H](O)[C@H]4O)cc3o2)ccc1O. The van der Waals surface area contributed by atoms with Crippen molar-refractivity contribution in [2.45, 2.75) is 30.7 Å². The number of hydrogen-bond acceptors (Lipinski definition) is 13. The number of carbonyl (C=O) groups is 1. The highest BCUT2D eigenvalue weighted by Gasteiger charge is 2.45. The molecule has 1 aromatic heterocycles. The number of esters is 1. The molecular formula is C31H28O13. The monoisotopic (exact) mass is 608 g/mol. The molecule has 1 unspecified atom stereocenters. The van der Waals surface area contributed by atoms with Gasteiger partial charge in [-0.25, -0.2) is 4.79 Å². The van der Waals surface area contributed by atoms with E-state index in [1.165, 1.54) is 49.6 Å². The summed E-state index contributed by atoms with van der Waals surface area (Å²) < 4.78 is 27.3. The van der Waals surface area contributed by atoms with E-state index in [2.05, 4.69) is 0 Å². The van der Waals surface area contributed by atoms with Crippen LogP contribution in [0.15, 0.2) is 76.0 Å². The van der Waals surface area contributed by atoms with Crippen LogP contribution in [0.2, 0.25) is 0 Å². The molecule has 230 valence electrons. The highest BCUT2D eigenvalue weighted by molar-refractivity contribution is 5.87. The van der Waals surface area contributed by atoms with Crippen LogP contribution in [0.3, 0.4) is 0 Å². The van der Waals surface area contributed by atoms with Crippen LogP contribution in [0.5, 0.6) is 28.7 Å². The van der Waals surface area contributed by atoms with E-state index >= 15 is 0 Å². The molecule has 0 spiro atoms. The molecule has 0 saturated carbocycles. The summed E-state index contributed by atoms with van der Waals surface area (Å²) in [6.07, 6.45) is -5.51. The minimum Gasteiger partial charge on any atom is -0.508 e. The predicted octanol–water partition coefficient (Wildman–Crippen LogP) is 2.03. The van der Waals surface area contributed by atoms with Crippen molar-refractivity contribution in [3.63, 3.8) is 0 Å². The van der Waals surface area contributed by atoms with Gasteiger partial charge in [-0.1, -0.05) is 12.1 Å². The summed E-state index contributed by atoms with van der Waals surface area (Å²) in [5.41, 5.74) is 0.338. The van der Waals surface area contributed by atoms with Crippen molar-refractivity contribution in [3.8, 4) is 40.1 Å². The van der Waals surface area contributed by atoms with E-state index in [9.17, 15) is 40.2 Å². The molecule has 0 amide bonds. The third kappa shape index (κ3) is 6.45. The van der Waals surface area contributed by atoms with E-state index in [0.717, 1.165) is 18.2 Å². The van der Waals surface area contributed by atoms with E-state index in [1.54, 1.807) is 12.1 Å². The van der Waals surface area contributed by atoms with Crippen LogP contribution >= 0.6 is 0 Å². The molecule has 3 aromatic carbocycles. The number of rotatable bonds is 8. The normalized spacial score (nSPS) is 21.8. The van der Waals surface area contributed by atoms with Gasteiger partial charge in [0.1, 0.15) is 65.0 Å². The number of ether oxygens (including phenoxy) is 4. The van der Waals surface area contributed by atoms with Gasteiger partial charge < -0.3 is 54.0 Å². The zero-order valence-corrected chi connectivity index (χ0v) is 23.1. The second-order valence-electron chi connectivity index (χ2n) is 9.86. The fourth-order valence-corrected chi connectivity index (χ4v) is 4.53. The molecule has 0 radical (unpaired) electrons. The number of aliphatic hydroxyl groups is 3. The molecule has 5 atom stereocenters. The summed E-state index contributed by atoms with van der Waals surface area (Å²) in [7, 11) is 1.36. The van der Waals surface area contributed by atoms with Crippen LogP contribution in [-0.4, -0.2) is 81.0 Å². The molecule has 1 fully saturated rings. The average Bonchev–Trinajstić information content (AvgIpc) is 3.00. The summed E-state index contributed by atoms with van der Waals surface area (Å²) in [6.45, 7) is -0.513. The molecule has 44 heavy (non-hydrogen) atoms. The van der Waals surface area contributed by atoms with Gasteiger partial charge in [-0.3, -0.25) is 4.79 Å². The number of phenols is 3. The zero-order valence-electron chi connectivity index (χ0n) is 23.1. The smallest absolute Gasteiger partial charge is 0.330 e. The molecule has 13 nitrogen and oxygen atoms in total. The highest BCUT2D eigenvalue weighted by atomic mass is 16.7. The van der Waals surface area contributed by atoms with E-state index in [1.807, 2.05) is 0 Å². The molecule has 4 aromatic rings. The van der Waals surface area contributed by atoms with Crippen LogP contribution in [0, 0.1) is 0 Å². The third-order valence-electron chi connectivity index (χ3n) is 6.86. The second kappa shape index (κ2) is 12.7. The quantitative estimate of drug-likeness (QED) is 0.125. The van der Waals surface area contributed by atoms with Gasteiger partial charge in [0.05, 0.1) is 7.11 Å². The van der Waals surface area contributed by atoms with Gasteiger partial charge in [-0.15, -0.1) is 0 Å². The Balaban J connectivity index is 1.33. The first kappa shape index (κ1) is 30.4. The Labute approximate surface area is 249 Å². The fourth-order valence-electron chi connectivity index (χ4n) is 4.53. The van der Waals surface area contributed by atoms with Crippen LogP contribution in [0.4, 0.5) is 0 Å². The molecule has 0 aliphatic carbocycles. The lowest BCUT2D eigenvalue weighted by molar-refractivity contribution is -0.278. The Morgan fingerprint density at radius 2 is 1.66 bits per heavy atom. The summed E-state index contributed by atoms with van der Waals surface area (Å²) >= 11 is 0. The summed E-state index contributed by atoms with van der Waals surface area (Å²) in [5, 5.41) is 61.0. The standard InChI is InChI=1S/C31H28O13/c1-40-23-10-16(5-8-19(23)33)22-13-21(35)27-20(34)11-18(12-24(27)43-22)42-31-30(39)29(38)28(37)25(44-31)14-41-26(36)9-4-15-2-6-17(32)7-3-15/h2-13,25,28-34,37-39H,14H2,1H3/t25-,28-,29+,30-,31?/m1/s1. The Hall–Kier alpha value is -5.08. The number of fused-ring (bicyclic) bond motifs is 1. The van der Waals surface area contributed by atoms with Gasteiger partial charge in [0.15, 0.2) is 16.9 Å². The van der Waals surface area contributed by atoms with Gasteiger partial charge >= 0.3 is 5.97 Å². The number of hydrogen-bond donors (Lipinski definition) is 6. The van der Waals surface area contributed by atoms with Crippen LogP contribution < -0.4 is 14.9 Å². The first-order chi connectivity index (χ1) is 21.0. The van der Waals surface area contributed by atoms with Crippen LogP contribution in [0.1, 0.15) is 5.56 Å². The lowest BCUT2D eigenvalue weighted by Crippen LogP contribution is -2.60. The number of benzene rings is 3. The number of phenolic OH excluding ortho intramolecular Hbond substituents is 3. The van der Waals surface area contributed by atoms with Gasteiger partial charge in [0, 0.05) is 29.8 Å². The molecule has 2 heterocycles. The maximum Gasteiger partial charge on any atom is 0.330 e. The highest BCUT2D eigenvalue weighted by Crippen LogP contribution is 2.35. The van der Waals surface area contributed by atoms with Gasteiger partial charge in [-0.2, -0.15) is 0 Å². The lowest BCUT2D eigenvalue weighted by Gasteiger charge is -2.39. The van der Waals surface area contributed by atoms with Crippen molar-refractivity contribution in [1.29, 1.82) is 0 Å². The molecule has 1 aliphatic heterocycles. The van der Waals surface area contributed by atoms with Crippen LogP contribution in [0.25, 0.3) is 28.4 Å². The minimum atomic E-state index is -1.76. The third-order valence-corrected chi connectivity index (χ3v) is 6.86. The van der Waals surface area contributed by atoms with Crippen molar-refractivity contribution >= 4 is 23.0 Å². The maximum atomic E-state index is 12.8. The Morgan fingerprint density at radius 3 is 2.39 bits per heavy atom. The fraction of sp³-hybridized carbons (Fsp3) is 0.226. The van der Waals surface area contributed by atoms with E-state index in [4.69, 9.17) is 23.4 Å². The number of aromatic hydroxyl groups is 3. The first-order valence-corrected chi connectivity index (χ1v) is 13.2. The molecule has 1 aliphatic rings. The Morgan fingerprint density at radius 1 is 0.909 bits per heavy atom. The maximum absolute atomic E-state index is 12.8. The molecule has 0 bridgehead atoms. The molecule has 13 heteroatoms. The van der Waals surface area contributed by atoms with Crippen molar-refractivity contribution in [2.75, 3.05) is 13.7 Å². The van der Waals surface area contributed by atoms with Crippen molar-refractivity contribution < 1.29 is 58.8 Å². The van der Waals surface area contributed by atoms with Gasteiger partial charge in [0.25, 0.3) is 0 Å². The van der Waals surface area contributed by atoms with Crippen molar-refractivity contribution in [2.24, 2.45) is 0 Å². The van der Waals surface area contributed by atoms with Gasteiger partial charge in [0.2, 0.25) is 6.29 Å². The average molecular weight is 609 g/mol. The van der Waals surface area contributed by atoms with E-state index in [0.29, 0.717) is 11.1 Å². The molecular weight excluding hydrogens is 580 g/mol. The summed E-state index contributed by atoms with van der Waals surface area (Å²) in [5.74, 6) is -1.24. The Bertz CT molecular complexity index is 1740. The van der Waals surface area contributed by atoms with Gasteiger partial charge in [-0.05, 0) is 42.0 Å². The number of aliphatic hydroxyl groups excluding tert-OH is 3. The largest absolute Gasteiger partial charge is 0.508 e. The van der Waals surface area contributed by atoms with Crippen molar-refractivity contribution in [1.82, 2.24) is 0 Å². The molecule has 1 saturated heterocycles.